The lowest BCUT2D eigenvalue weighted by molar-refractivity contribution is -0.146. The second-order valence-corrected chi connectivity index (χ2v) is 10.9. The lowest BCUT2D eigenvalue weighted by Gasteiger charge is -2.26. The number of hydrogen-bond acceptors (Lipinski definition) is 11. The molecule has 2 heterocycles. The number of halogens is 4. The van der Waals surface area contributed by atoms with Crippen molar-refractivity contribution in [2.24, 2.45) is 4.99 Å². The summed E-state index contributed by atoms with van der Waals surface area (Å²) in [6, 6.07) is 8.36. The fourth-order valence-electron chi connectivity index (χ4n) is 4.48. The van der Waals surface area contributed by atoms with Gasteiger partial charge in [-0.2, -0.15) is 13.2 Å². The average Bonchev–Trinajstić information content (AvgIpc) is 3.33. The minimum Gasteiger partial charge on any atom is -0.482 e. The summed E-state index contributed by atoms with van der Waals surface area (Å²) in [5.74, 6) is -2.41. The highest BCUT2D eigenvalue weighted by atomic mass is 35.5. The molecule has 1 atom stereocenters. The number of thiazole rings is 1. The topological polar surface area (TPSA) is 132 Å². The number of hydrogen-bond donors (Lipinski definition) is 0. The Bertz CT molecular complexity index is 1870. The van der Waals surface area contributed by atoms with Crippen molar-refractivity contribution in [3.05, 3.63) is 89.6 Å². The number of allylic oxidation sites excluding steroid dienone is 1. The number of esters is 3. The first kappa shape index (κ1) is 35.2. The maximum Gasteiger partial charge on any atom is 0.434 e. The fourth-order valence-corrected chi connectivity index (χ4v) is 5.59. The van der Waals surface area contributed by atoms with Crippen LogP contribution < -0.4 is 24.4 Å². The summed E-state index contributed by atoms with van der Waals surface area (Å²) in [6.45, 7) is 3.77. The minimum absolute atomic E-state index is 0.0303. The summed E-state index contributed by atoms with van der Waals surface area (Å²) in [5, 5.41) is 0.281. The van der Waals surface area contributed by atoms with Gasteiger partial charge in [-0.05, 0) is 56.7 Å². The quantitative estimate of drug-likeness (QED) is 0.205. The number of nitrogens with zero attached hydrogens (tertiary/aromatic N) is 2. The standard InChI is InChI=1S/C31H28ClF3N2O9S/c1-4-42-23(38)15-45-20-12-9-18(21(14-20)46-16-24(39)43-5-2)13-22-28(40)37-26(17-7-10-19(32)11-8-17)25(29(41)44-6-3)27(31(33,34)35)36-30(37)47-22/h7-14,26H,4-6,15-16H2,1-3H3/b22-13+/t26-/m1/s1. The monoisotopic (exact) mass is 696 g/mol. The molecule has 0 N–H and O–H groups in total. The Hall–Kier alpha value is -4.63. The molecule has 250 valence electrons. The number of aromatic nitrogens is 1. The van der Waals surface area contributed by atoms with Crippen LogP contribution in [0.15, 0.2) is 63.5 Å². The van der Waals surface area contributed by atoms with Crippen molar-refractivity contribution in [3.8, 4) is 11.5 Å². The summed E-state index contributed by atoms with van der Waals surface area (Å²) in [7, 11) is 0. The van der Waals surface area contributed by atoms with Crippen molar-refractivity contribution in [3.63, 3.8) is 0 Å². The van der Waals surface area contributed by atoms with Gasteiger partial charge in [0.05, 0.1) is 36.0 Å². The number of alkyl halides is 3. The van der Waals surface area contributed by atoms with E-state index in [2.05, 4.69) is 4.99 Å². The predicted octanol–water partition coefficient (Wildman–Crippen LogP) is 3.88. The molecule has 1 aliphatic rings. The number of carbonyl (C=O) groups excluding carboxylic acids is 3. The van der Waals surface area contributed by atoms with Gasteiger partial charge in [0.15, 0.2) is 23.7 Å². The molecule has 0 aliphatic carbocycles. The summed E-state index contributed by atoms with van der Waals surface area (Å²) in [5.41, 5.74) is -2.74. The molecule has 0 unspecified atom stereocenters. The Morgan fingerprint density at radius 1 is 0.936 bits per heavy atom. The second kappa shape index (κ2) is 15.3. The zero-order valence-corrected chi connectivity index (χ0v) is 26.8. The normalized spacial score (nSPS) is 14.6. The van der Waals surface area contributed by atoms with Crippen LogP contribution in [0.25, 0.3) is 6.08 Å². The maximum atomic E-state index is 14.4. The molecule has 0 saturated carbocycles. The van der Waals surface area contributed by atoms with Crippen LogP contribution in [0.4, 0.5) is 13.2 Å². The van der Waals surface area contributed by atoms with E-state index in [0.717, 1.165) is 4.57 Å². The van der Waals surface area contributed by atoms with Crippen LogP contribution in [0.5, 0.6) is 11.5 Å². The predicted molar refractivity (Wildman–Crippen MR) is 163 cm³/mol. The highest BCUT2D eigenvalue weighted by Gasteiger charge is 2.45. The van der Waals surface area contributed by atoms with E-state index in [1.165, 1.54) is 55.5 Å². The first-order chi connectivity index (χ1) is 22.4. The summed E-state index contributed by atoms with van der Waals surface area (Å²) in [4.78, 5) is 54.1. The molecule has 1 aliphatic heterocycles. The van der Waals surface area contributed by atoms with Crippen LogP contribution in [0, 0.1) is 0 Å². The summed E-state index contributed by atoms with van der Waals surface area (Å²) in [6.07, 6.45) is -3.74. The van der Waals surface area contributed by atoms with Crippen LogP contribution in [0.3, 0.4) is 0 Å². The molecule has 4 rings (SSSR count). The molecule has 0 amide bonds. The molecule has 2 aromatic carbocycles. The smallest absolute Gasteiger partial charge is 0.434 e. The third-order valence-electron chi connectivity index (χ3n) is 6.37. The van der Waals surface area contributed by atoms with Crippen molar-refractivity contribution in [1.82, 2.24) is 4.57 Å². The van der Waals surface area contributed by atoms with Crippen LogP contribution in [-0.2, 0) is 28.6 Å². The fraction of sp³-hybridized carbons (Fsp3) is 0.323. The van der Waals surface area contributed by atoms with E-state index >= 15 is 0 Å². The molecule has 0 spiro atoms. The Labute approximate surface area is 274 Å². The molecule has 0 radical (unpaired) electrons. The lowest BCUT2D eigenvalue weighted by atomic mass is 9.95. The highest BCUT2D eigenvalue weighted by molar-refractivity contribution is 7.07. The number of carbonyl (C=O) groups is 3. The van der Waals surface area contributed by atoms with E-state index < -0.39 is 60.2 Å². The van der Waals surface area contributed by atoms with Crippen molar-refractivity contribution in [2.45, 2.75) is 33.0 Å². The van der Waals surface area contributed by atoms with Gasteiger partial charge >= 0.3 is 24.1 Å². The van der Waals surface area contributed by atoms with Gasteiger partial charge in [0.2, 0.25) is 0 Å². The Balaban J connectivity index is 1.89. The second-order valence-electron chi connectivity index (χ2n) is 9.50. The number of benzene rings is 2. The highest BCUT2D eigenvalue weighted by Crippen LogP contribution is 2.38. The van der Waals surface area contributed by atoms with Gasteiger partial charge in [-0.25, -0.2) is 19.4 Å². The van der Waals surface area contributed by atoms with E-state index in [-0.39, 0.29) is 56.8 Å². The first-order valence-corrected chi connectivity index (χ1v) is 15.3. The maximum absolute atomic E-state index is 14.4. The van der Waals surface area contributed by atoms with Gasteiger partial charge in [-0.3, -0.25) is 9.36 Å². The van der Waals surface area contributed by atoms with Crippen molar-refractivity contribution >= 4 is 46.9 Å². The van der Waals surface area contributed by atoms with Gasteiger partial charge in [-0.1, -0.05) is 35.1 Å². The van der Waals surface area contributed by atoms with Crippen molar-refractivity contribution in [1.29, 1.82) is 0 Å². The Morgan fingerprint density at radius 2 is 1.55 bits per heavy atom. The van der Waals surface area contributed by atoms with E-state index in [9.17, 15) is 32.3 Å². The number of rotatable bonds is 12. The summed E-state index contributed by atoms with van der Waals surface area (Å²) >= 11 is 6.66. The Kier molecular flexibility index (Phi) is 11.5. The van der Waals surface area contributed by atoms with E-state index in [4.69, 9.17) is 35.3 Å². The number of ether oxygens (including phenoxy) is 5. The van der Waals surface area contributed by atoms with Crippen LogP contribution >= 0.6 is 22.9 Å². The molecule has 16 heteroatoms. The van der Waals surface area contributed by atoms with Crippen molar-refractivity contribution < 1.29 is 51.2 Å². The van der Waals surface area contributed by atoms with Gasteiger partial charge < -0.3 is 23.7 Å². The van der Waals surface area contributed by atoms with Crippen LogP contribution in [0.1, 0.15) is 37.9 Å². The van der Waals surface area contributed by atoms with Crippen LogP contribution in [0.2, 0.25) is 5.02 Å². The molecular formula is C31H28ClF3N2O9S. The zero-order chi connectivity index (χ0) is 34.3. The molecular weight excluding hydrogens is 669 g/mol. The largest absolute Gasteiger partial charge is 0.482 e. The Morgan fingerprint density at radius 3 is 2.15 bits per heavy atom. The van der Waals surface area contributed by atoms with Gasteiger partial charge in [0.25, 0.3) is 5.56 Å². The van der Waals surface area contributed by atoms with Gasteiger partial charge in [-0.15, -0.1) is 0 Å². The molecule has 0 fully saturated rings. The van der Waals surface area contributed by atoms with Crippen LogP contribution in [-0.4, -0.2) is 61.7 Å². The molecule has 1 aromatic heterocycles. The zero-order valence-electron chi connectivity index (χ0n) is 25.2. The summed E-state index contributed by atoms with van der Waals surface area (Å²) < 4.78 is 69.9. The number of fused-ring (bicyclic) bond motifs is 1. The molecule has 11 nitrogen and oxygen atoms in total. The SMILES string of the molecule is CCOC(=O)COc1ccc(/C=c2/sc3n(c2=O)[C@H](c2ccc(Cl)cc2)C(C(=O)OCC)=C(C(F)(F)F)N=3)c(OCC(=O)OCC)c1. The molecule has 0 bridgehead atoms. The molecule has 0 saturated heterocycles. The molecule has 47 heavy (non-hydrogen) atoms. The lowest BCUT2D eigenvalue weighted by Crippen LogP contribution is -2.41. The third kappa shape index (κ3) is 8.40. The van der Waals surface area contributed by atoms with E-state index in [0.29, 0.717) is 11.3 Å². The molecule has 3 aromatic rings. The third-order valence-corrected chi connectivity index (χ3v) is 7.60. The first-order valence-electron chi connectivity index (χ1n) is 14.1. The van der Waals surface area contributed by atoms with E-state index in [1.807, 2.05) is 0 Å². The van der Waals surface area contributed by atoms with Gasteiger partial charge in [0, 0.05) is 16.7 Å². The minimum atomic E-state index is -5.07. The average molecular weight is 697 g/mol. The van der Waals surface area contributed by atoms with E-state index in [1.54, 1.807) is 13.8 Å². The van der Waals surface area contributed by atoms with Gasteiger partial charge in [0.1, 0.15) is 11.5 Å². The van der Waals surface area contributed by atoms with Crippen molar-refractivity contribution in [2.75, 3.05) is 33.0 Å².